The number of nitrogens with one attached hydrogen (secondary N) is 3. The van der Waals surface area contributed by atoms with Crippen LogP contribution < -0.4 is 16.0 Å². The summed E-state index contributed by atoms with van der Waals surface area (Å²) in [4.78, 5) is 33.1. The molecule has 0 aliphatic carbocycles. The number of H-pyrrole nitrogens is 3. The second-order valence-corrected chi connectivity index (χ2v) is 4.30. The maximum atomic E-state index is 12.6. The highest BCUT2D eigenvalue weighted by Crippen LogP contribution is 2.32. The molecule has 0 radical (unpaired) electrons. The third-order valence-electron chi connectivity index (χ3n) is 2.74. The Morgan fingerprint density at radius 3 is 2.59 bits per heavy atom. The van der Waals surface area contributed by atoms with Crippen molar-refractivity contribution in [3.8, 4) is 11.8 Å². The number of ether oxygens (including phenoxy) is 1. The van der Waals surface area contributed by atoms with Crippen LogP contribution in [0.2, 0.25) is 0 Å². The molecule has 0 fully saturated rings. The molecule has 0 amide bonds. The molecule has 7 nitrogen and oxygen atoms in total. The summed E-state index contributed by atoms with van der Waals surface area (Å²) >= 11 is 0. The zero-order valence-electron chi connectivity index (χ0n) is 10.6. The van der Waals surface area contributed by atoms with E-state index in [-0.39, 0.29) is 22.9 Å². The molecule has 22 heavy (non-hydrogen) atoms. The van der Waals surface area contributed by atoms with E-state index in [0.717, 1.165) is 12.1 Å². The standard InChI is InChI=1S/C12H7F3N4O3/c13-12(14,15)5-2-1-3-6(4-5)22-11-16-7-8(18-11)17-10(21)19-9(7)20/h1-4H,(H3,16,17,18,19,20,21). The van der Waals surface area contributed by atoms with E-state index < -0.39 is 23.0 Å². The number of rotatable bonds is 2. The first kappa shape index (κ1) is 13.9. The summed E-state index contributed by atoms with van der Waals surface area (Å²) in [5.74, 6) is -0.118. The maximum absolute atomic E-state index is 12.6. The van der Waals surface area contributed by atoms with Crippen LogP contribution in [0.3, 0.4) is 0 Å². The van der Waals surface area contributed by atoms with Crippen LogP contribution in [0.4, 0.5) is 13.2 Å². The number of halogens is 3. The summed E-state index contributed by atoms with van der Waals surface area (Å²) in [6, 6.07) is 3.94. The van der Waals surface area contributed by atoms with Crippen molar-refractivity contribution in [2.45, 2.75) is 6.18 Å². The summed E-state index contributed by atoms with van der Waals surface area (Å²) in [6.07, 6.45) is -4.50. The monoisotopic (exact) mass is 312 g/mol. The Bertz CT molecular complexity index is 954. The Hall–Kier alpha value is -3.04. The van der Waals surface area contributed by atoms with Crippen molar-refractivity contribution in [1.82, 2.24) is 19.9 Å². The summed E-state index contributed by atoms with van der Waals surface area (Å²) in [6.45, 7) is 0. The van der Waals surface area contributed by atoms with Gasteiger partial charge in [0.25, 0.3) is 5.56 Å². The summed E-state index contributed by atoms with van der Waals surface area (Å²) in [7, 11) is 0. The van der Waals surface area contributed by atoms with E-state index in [1.807, 2.05) is 4.98 Å². The van der Waals surface area contributed by atoms with E-state index in [1.165, 1.54) is 12.1 Å². The minimum atomic E-state index is -4.50. The molecule has 3 aromatic rings. The van der Waals surface area contributed by atoms with Crippen LogP contribution in [0.5, 0.6) is 11.8 Å². The highest BCUT2D eigenvalue weighted by atomic mass is 19.4. The Morgan fingerprint density at radius 1 is 1.09 bits per heavy atom. The van der Waals surface area contributed by atoms with Gasteiger partial charge in [0.2, 0.25) is 0 Å². The Kier molecular flexibility index (Phi) is 3.01. The van der Waals surface area contributed by atoms with Gasteiger partial charge in [-0.25, -0.2) is 4.79 Å². The van der Waals surface area contributed by atoms with E-state index in [4.69, 9.17) is 4.74 Å². The molecule has 10 heteroatoms. The van der Waals surface area contributed by atoms with E-state index in [1.54, 1.807) is 0 Å². The topological polar surface area (TPSA) is 104 Å². The second kappa shape index (κ2) is 4.76. The summed E-state index contributed by atoms with van der Waals surface area (Å²) in [5, 5.41) is 0. The number of nitrogens with zero attached hydrogens (tertiary/aromatic N) is 1. The molecule has 0 bridgehead atoms. The second-order valence-electron chi connectivity index (χ2n) is 4.30. The predicted octanol–water partition coefficient (Wildman–Crippen LogP) is 1.75. The van der Waals surface area contributed by atoms with Crippen LogP contribution in [0.15, 0.2) is 33.9 Å². The highest BCUT2D eigenvalue weighted by molar-refractivity contribution is 5.69. The molecule has 3 rings (SSSR count). The molecule has 0 saturated heterocycles. The lowest BCUT2D eigenvalue weighted by molar-refractivity contribution is -0.137. The Balaban J connectivity index is 1.99. The number of aromatic amines is 3. The van der Waals surface area contributed by atoms with E-state index in [9.17, 15) is 22.8 Å². The minimum Gasteiger partial charge on any atom is -0.426 e. The third-order valence-corrected chi connectivity index (χ3v) is 2.74. The maximum Gasteiger partial charge on any atom is 0.416 e. The summed E-state index contributed by atoms with van der Waals surface area (Å²) < 4.78 is 43.0. The highest BCUT2D eigenvalue weighted by Gasteiger charge is 2.30. The first-order valence-corrected chi connectivity index (χ1v) is 5.90. The third kappa shape index (κ3) is 2.57. The number of hydrogen-bond donors (Lipinski definition) is 3. The van der Waals surface area contributed by atoms with Gasteiger partial charge in [0, 0.05) is 0 Å². The fourth-order valence-electron chi connectivity index (χ4n) is 1.81. The quantitative estimate of drug-likeness (QED) is 0.670. The van der Waals surface area contributed by atoms with Gasteiger partial charge in [-0.3, -0.25) is 14.8 Å². The van der Waals surface area contributed by atoms with Crippen molar-refractivity contribution in [2.75, 3.05) is 0 Å². The fraction of sp³-hybridized carbons (Fsp3) is 0.0833. The lowest BCUT2D eigenvalue weighted by Crippen LogP contribution is -2.21. The van der Waals surface area contributed by atoms with Gasteiger partial charge < -0.3 is 9.72 Å². The molecule has 0 aliphatic rings. The lowest BCUT2D eigenvalue weighted by Gasteiger charge is -2.08. The van der Waals surface area contributed by atoms with Crippen molar-refractivity contribution >= 4 is 11.2 Å². The van der Waals surface area contributed by atoms with Crippen LogP contribution in [-0.4, -0.2) is 19.9 Å². The molecule has 0 aliphatic heterocycles. The molecule has 0 saturated carbocycles. The number of fused-ring (bicyclic) bond motifs is 1. The molecule has 0 unspecified atom stereocenters. The lowest BCUT2D eigenvalue weighted by atomic mass is 10.2. The first-order valence-electron chi connectivity index (χ1n) is 5.90. The number of imidazole rings is 1. The van der Waals surface area contributed by atoms with Crippen molar-refractivity contribution in [2.24, 2.45) is 0 Å². The van der Waals surface area contributed by atoms with Gasteiger partial charge in [-0.2, -0.15) is 18.2 Å². The summed E-state index contributed by atoms with van der Waals surface area (Å²) in [5.41, 5.74) is -2.47. The molecule has 2 heterocycles. The Labute approximate surface area is 118 Å². The van der Waals surface area contributed by atoms with Gasteiger partial charge in [-0.1, -0.05) is 6.07 Å². The normalized spacial score (nSPS) is 11.8. The average molecular weight is 312 g/mol. The smallest absolute Gasteiger partial charge is 0.416 e. The molecule has 114 valence electrons. The van der Waals surface area contributed by atoms with Crippen LogP contribution >= 0.6 is 0 Å². The van der Waals surface area contributed by atoms with Crippen LogP contribution in [0, 0.1) is 0 Å². The van der Waals surface area contributed by atoms with Crippen LogP contribution in [0.25, 0.3) is 11.2 Å². The number of hydrogen-bond acceptors (Lipinski definition) is 4. The minimum absolute atomic E-state index is 0.0541. The SMILES string of the molecule is O=c1[nH]c(=O)c2[nH]c(Oc3cccc(C(F)(F)F)c3)nc2[nH]1. The molecule has 3 N–H and O–H groups in total. The number of aromatic nitrogens is 4. The van der Waals surface area contributed by atoms with Gasteiger partial charge in [0.05, 0.1) is 5.56 Å². The fourth-order valence-corrected chi connectivity index (χ4v) is 1.81. The molecule has 2 aromatic heterocycles. The zero-order chi connectivity index (χ0) is 15.9. The van der Waals surface area contributed by atoms with Gasteiger partial charge in [-0.15, -0.1) is 0 Å². The van der Waals surface area contributed by atoms with E-state index in [2.05, 4.69) is 15.0 Å². The van der Waals surface area contributed by atoms with Crippen LogP contribution in [0.1, 0.15) is 5.56 Å². The van der Waals surface area contributed by atoms with Gasteiger partial charge in [0.15, 0.2) is 11.2 Å². The van der Waals surface area contributed by atoms with Crippen LogP contribution in [-0.2, 0) is 6.18 Å². The van der Waals surface area contributed by atoms with Gasteiger partial charge >= 0.3 is 17.9 Å². The molecule has 0 atom stereocenters. The molecular weight excluding hydrogens is 305 g/mol. The van der Waals surface area contributed by atoms with E-state index >= 15 is 0 Å². The van der Waals surface area contributed by atoms with Crippen molar-refractivity contribution < 1.29 is 17.9 Å². The number of benzene rings is 1. The zero-order valence-corrected chi connectivity index (χ0v) is 10.6. The van der Waals surface area contributed by atoms with Crippen molar-refractivity contribution in [3.63, 3.8) is 0 Å². The van der Waals surface area contributed by atoms with Crippen molar-refractivity contribution in [3.05, 3.63) is 50.7 Å². The van der Waals surface area contributed by atoms with Gasteiger partial charge in [-0.05, 0) is 18.2 Å². The molecule has 0 spiro atoms. The van der Waals surface area contributed by atoms with E-state index in [0.29, 0.717) is 0 Å². The first-order chi connectivity index (χ1) is 10.3. The average Bonchev–Trinajstić information content (AvgIpc) is 2.80. The van der Waals surface area contributed by atoms with Crippen molar-refractivity contribution in [1.29, 1.82) is 0 Å². The van der Waals surface area contributed by atoms with Gasteiger partial charge in [0.1, 0.15) is 5.75 Å². The Morgan fingerprint density at radius 2 is 1.86 bits per heavy atom. The molecule has 1 aromatic carbocycles. The molecular formula is C12H7F3N4O3. The number of alkyl halides is 3. The predicted molar refractivity (Wildman–Crippen MR) is 68.9 cm³/mol. The largest absolute Gasteiger partial charge is 0.426 e.